The highest BCUT2D eigenvalue weighted by atomic mass is 35.5. The van der Waals surface area contributed by atoms with Gasteiger partial charge in [0.15, 0.2) is 5.82 Å². The number of hydrogen-bond donors (Lipinski definition) is 1. The van der Waals surface area contributed by atoms with Gasteiger partial charge in [0.1, 0.15) is 0 Å². The molecule has 2 aliphatic rings. The Hall–Kier alpha value is -2.64. The van der Waals surface area contributed by atoms with Gasteiger partial charge in [-0.2, -0.15) is 5.10 Å². The Balaban J connectivity index is 1.43. The third-order valence-corrected chi connectivity index (χ3v) is 6.20. The second kappa shape index (κ2) is 7.31. The van der Waals surface area contributed by atoms with Crippen molar-refractivity contribution in [1.82, 2.24) is 24.6 Å². The van der Waals surface area contributed by atoms with Crippen LogP contribution in [0.5, 0.6) is 0 Å². The molecule has 1 unspecified atom stereocenters. The number of carbonyl (C=O) groups is 1. The SMILES string of the molecule is Cc1cccc(-n2ncc3c2COCC3NC(=O)c2ncc3n2CCCC3)c1Cl. The van der Waals surface area contributed by atoms with Crippen LogP contribution in [0.25, 0.3) is 5.69 Å². The lowest BCUT2D eigenvalue weighted by Crippen LogP contribution is -2.36. The number of halogens is 1. The Morgan fingerprint density at radius 1 is 1.31 bits per heavy atom. The maximum Gasteiger partial charge on any atom is 0.287 e. The predicted molar refractivity (Wildman–Crippen MR) is 108 cm³/mol. The van der Waals surface area contributed by atoms with Crippen LogP contribution in [0.2, 0.25) is 5.02 Å². The highest BCUT2D eigenvalue weighted by Gasteiger charge is 2.29. The molecule has 7 nitrogen and oxygen atoms in total. The molecule has 29 heavy (non-hydrogen) atoms. The third-order valence-electron chi connectivity index (χ3n) is 5.71. The number of fused-ring (bicyclic) bond motifs is 2. The van der Waals surface area contributed by atoms with Crippen molar-refractivity contribution in [2.45, 2.75) is 45.4 Å². The zero-order chi connectivity index (χ0) is 20.0. The van der Waals surface area contributed by atoms with E-state index in [1.807, 2.05) is 35.9 Å². The minimum absolute atomic E-state index is 0.180. The van der Waals surface area contributed by atoms with E-state index in [0.29, 0.717) is 24.1 Å². The minimum atomic E-state index is -0.278. The first-order chi connectivity index (χ1) is 14.1. The zero-order valence-corrected chi connectivity index (χ0v) is 16.9. The fourth-order valence-corrected chi connectivity index (χ4v) is 4.35. The van der Waals surface area contributed by atoms with Crippen LogP contribution in [0, 0.1) is 6.92 Å². The van der Waals surface area contributed by atoms with Crippen LogP contribution < -0.4 is 5.32 Å². The molecule has 150 valence electrons. The number of nitrogens with one attached hydrogen (secondary N) is 1. The molecule has 1 atom stereocenters. The molecule has 0 radical (unpaired) electrons. The van der Waals surface area contributed by atoms with E-state index in [2.05, 4.69) is 15.4 Å². The molecular weight excluding hydrogens is 390 g/mol. The number of rotatable bonds is 3. The summed E-state index contributed by atoms with van der Waals surface area (Å²) < 4.78 is 9.62. The fourth-order valence-electron chi connectivity index (χ4n) is 4.15. The van der Waals surface area contributed by atoms with Crippen LogP contribution in [0.4, 0.5) is 0 Å². The lowest BCUT2D eigenvalue weighted by Gasteiger charge is -2.25. The number of benzene rings is 1. The molecule has 0 saturated heterocycles. The Kier molecular flexibility index (Phi) is 4.64. The quantitative estimate of drug-likeness (QED) is 0.717. The minimum Gasteiger partial charge on any atom is -0.373 e. The first-order valence-corrected chi connectivity index (χ1v) is 10.3. The Labute approximate surface area is 173 Å². The van der Waals surface area contributed by atoms with Gasteiger partial charge in [-0.3, -0.25) is 4.79 Å². The van der Waals surface area contributed by atoms with Gasteiger partial charge in [0.25, 0.3) is 5.91 Å². The molecule has 5 rings (SSSR count). The summed E-state index contributed by atoms with van der Waals surface area (Å²) >= 11 is 6.50. The van der Waals surface area contributed by atoms with E-state index in [1.54, 1.807) is 10.9 Å². The van der Waals surface area contributed by atoms with Crippen molar-refractivity contribution in [3.8, 4) is 5.69 Å². The van der Waals surface area contributed by atoms with Gasteiger partial charge in [-0.1, -0.05) is 23.7 Å². The molecule has 0 aliphatic carbocycles. The van der Waals surface area contributed by atoms with Crippen molar-refractivity contribution in [2.75, 3.05) is 6.61 Å². The number of hydrogen-bond acceptors (Lipinski definition) is 4. The average molecular weight is 412 g/mol. The molecule has 2 aliphatic heterocycles. The lowest BCUT2D eigenvalue weighted by atomic mass is 10.1. The van der Waals surface area contributed by atoms with E-state index < -0.39 is 0 Å². The summed E-state index contributed by atoms with van der Waals surface area (Å²) in [6.07, 6.45) is 6.80. The Bertz CT molecular complexity index is 1090. The molecular formula is C21H22ClN5O2. The molecule has 3 aromatic rings. The van der Waals surface area contributed by atoms with Crippen molar-refractivity contribution < 1.29 is 9.53 Å². The maximum atomic E-state index is 12.9. The second-order valence-corrected chi connectivity index (χ2v) is 7.97. The van der Waals surface area contributed by atoms with Crippen LogP contribution in [0.1, 0.15) is 52.0 Å². The van der Waals surface area contributed by atoms with Gasteiger partial charge in [0.2, 0.25) is 0 Å². The zero-order valence-electron chi connectivity index (χ0n) is 16.2. The summed E-state index contributed by atoms with van der Waals surface area (Å²) in [5, 5.41) is 8.29. The summed E-state index contributed by atoms with van der Waals surface area (Å²) in [5.74, 6) is 0.293. The number of aromatic nitrogens is 4. The number of amides is 1. The fraction of sp³-hybridized carbons (Fsp3) is 0.381. The largest absolute Gasteiger partial charge is 0.373 e. The van der Waals surface area contributed by atoms with E-state index in [0.717, 1.165) is 54.0 Å². The number of carbonyl (C=O) groups excluding carboxylic acids is 1. The Morgan fingerprint density at radius 2 is 2.21 bits per heavy atom. The van der Waals surface area contributed by atoms with Crippen molar-refractivity contribution in [3.63, 3.8) is 0 Å². The van der Waals surface area contributed by atoms with Gasteiger partial charge in [-0.05, 0) is 37.8 Å². The van der Waals surface area contributed by atoms with Crippen LogP contribution in [0.3, 0.4) is 0 Å². The second-order valence-electron chi connectivity index (χ2n) is 7.59. The number of ether oxygens (including phenoxy) is 1. The van der Waals surface area contributed by atoms with E-state index >= 15 is 0 Å². The van der Waals surface area contributed by atoms with E-state index in [4.69, 9.17) is 16.3 Å². The van der Waals surface area contributed by atoms with Crippen molar-refractivity contribution >= 4 is 17.5 Å². The van der Waals surface area contributed by atoms with Crippen molar-refractivity contribution in [3.05, 3.63) is 64.0 Å². The van der Waals surface area contributed by atoms with E-state index in [-0.39, 0.29) is 11.9 Å². The van der Waals surface area contributed by atoms with Crippen LogP contribution in [0.15, 0.2) is 30.6 Å². The molecule has 4 heterocycles. The standard InChI is InChI=1S/C21H22ClN5O2/c1-13-5-4-7-17(19(13)22)27-18-12-29-11-16(15(18)10-24-27)25-21(28)20-23-9-14-6-2-3-8-26(14)20/h4-5,7,9-10,16H,2-3,6,8,11-12H2,1H3,(H,25,28). The highest BCUT2D eigenvalue weighted by Crippen LogP contribution is 2.30. The first kappa shape index (κ1) is 18.4. The topological polar surface area (TPSA) is 74.0 Å². The Morgan fingerprint density at radius 3 is 3.10 bits per heavy atom. The molecule has 2 aromatic heterocycles. The van der Waals surface area contributed by atoms with Gasteiger partial charge >= 0.3 is 0 Å². The normalized spacial score (nSPS) is 18.2. The third kappa shape index (κ3) is 3.14. The van der Waals surface area contributed by atoms with Crippen LogP contribution >= 0.6 is 11.6 Å². The maximum absolute atomic E-state index is 12.9. The predicted octanol–water partition coefficient (Wildman–Crippen LogP) is 3.37. The molecule has 8 heteroatoms. The smallest absolute Gasteiger partial charge is 0.287 e. The van der Waals surface area contributed by atoms with Crippen molar-refractivity contribution in [1.29, 1.82) is 0 Å². The highest BCUT2D eigenvalue weighted by molar-refractivity contribution is 6.33. The van der Waals surface area contributed by atoms with Gasteiger partial charge in [-0.25, -0.2) is 9.67 Å². The average Bonchev–Trinajstić information content (AvgIpc) is 3.35. The summed E-state index contributed by atoms with van der Waals surface area (Å²) in [6.45, 7) is 3.63. The van der Waals surface area contributed by atoms with E-state index in [9.17, 15) is 4.79 Å². The first-order valence-electron chi connectivity index (χ1n) is 9.89. The molecule has 1 amide bonds. The lowest BCUT2D eigenvalue weighted by molar-refractivity contribution is 0.0679. The summed E-state index contributed by atoms with van der Waals surface area (Å²) in [5.41, 5.74) is 4.78. The van der Waals surface area contributed by atoms with E-state index in [1.165, 1.54) is 0 Å². The van der Waals surface area contributed by atoms with Crippen molar-refractivity contribution in [2.24, 2.45) is 0 Å². The molecule has 0 bridgehead atoms. The number of aryl methyl sites for hydroxylation is 2. The molecule has 1 N–H and O–H groups in total. The monoisotopic (exact) mass is 411 g/mol. The van der Waals surface area contributed by atoms with Gasteiger partial charge < -0.3 is 14.6 Å². The molecule has 0 spiro atoms. The van der Waals surface area contributed by atoms with Crippen LogP contribution in [-0.2, 0) is 24.3 Å². The molecule has 1 aromatic carbocycles. The summed E-state index contributed by atoms with van der Waals surface area (Å²) in [6, 6.07) is 5.57. The van der Waals surface area contributed by atoms with Gasteiger partial charge in [-0.15, -0.1) is 0 Å². The van der Waals surface area contributed by atoms with Gasteiger partial charge in [0.05, 0.1) is 41.9 Å². The summed E-state index contributed by atoms with van der Waals surface area (Å²) in [7, 11) is 0. The molecule has 0 saturated carbocycles. The number of nitrogens with zero attached hydrogens (tertiary/aromatic N) is 4. The number of imidazole rings is 1. The summed E-state index contributed by atoms with van der Waals surface area (Å²) in [4.78, 5) is 17.3. The van der Waals surface area contributed by atoms with Crippen LogP contribution in [-0.4, -0.2) is 31.8 Å². The molecule has 0 fully saturated rings. The van der Waals surface area contributed by atoms with Gasteiger partial charge in [0, 0.05) is 24.0 Å².